The van der Waals surface area contributed by atoms with Gasteiger partial charge in [-0.2, -0.15) is 0 Å². The second-order valence-electron chi connectivity index (χ2n) is 5.96. The maximum Gasteiger partial charge on any atom is 0.335 e. The zero-order valence-corrected chi connectivity index (χ0v) is 16.2. The first-order valence-corrected chi connectivity index (χ1v) is 8.98. The van der Waals surface area contributed by atoms with Gasteiger partial charge < -0.3 is 14.8 Å². The van der Waals surface area contributed by atoms with Crippen LogP contribution in [0.5, 0.6) is 0 Å². The Kier molecular flexibility index (Phi) is 5.87. The van der Waals surface area contributed by atoms with Crippen LogP contribution >= 0.6 is 23.2 Å². The molecule has 0 radical (unpaired) electrons. The molecule has 0 aliphatic rings. The molecule has 0 aliphatic heterocycles. The summed E-state index contributed by atoms with van der Waals surface area (Å²) in [5, 5.41) is 12.5. The van der Waals surface area contributed by atoms with E-state index in [0.717, 1.165) is 5.56 Å². The highest BCUT2D eigenvalue weighted by Crippen LogP contribution is 2.34. The van der Waals surface area contributed by atoms with Crippen LogP contribution in [0.4, 0.5) is 5.69 Å². The van der Waals surface area contributed by atoms with Gasteiger partial charge in [-0.1, -0.05) is 35.3 Å². The van der Waals surface area contributed by atoms with Crippen LogP contribution in [0.1, 0.15) is 21.7 Å². The van der Waals surface area contributed by atoms with Crippen molar-refractivity contribution in [3.63, 3.8) is 0 Å². The van der Waals surface area contributed by atoms with Gasteiger partial charge in [0.1, 0.15) is 11.5 Å². The average molecular weight is 416 g/mol. The number of carboxylic acid groups (broad SMARTS) is 1. The number of furan rings is 1. The summed E-state index contributed by atoms with van der Waals surface area (Å²) in [7, 11) is 0. The number of hydrogen-bond donors (Lipinski definition) is 2. The van der Waals surface area contributed by atoms with Gasteiger partial charge >= 0.3 is 5.97 Å². The number of benzene rings is 2. The molecule has 0 spiro atoms. The third-order valence-electron chi connectivity index (χ3n) is 3.99. The number of aryl methyl sites for hydroxylation is 1. The summed E-state index contributed by atoms with van der Waals surface area (Å²) in [6.07, 6.45) is 2.81. The number of hydrogen-bond acceptors (Lipinski definition) is 3. The minimum atomic E-state index is -1.06. The van der Waals surface area contributed by atoms with Crippen molar-refractivity contribution in [2.24, 2.45) is 0 Å². The van der Waals surface area contributed by atoms with Crippen LogP contribution in [0.15, 0.2) is 59.0 Å². The Balaban J connectivity index is 1.74. The van der Waals surface area contributed by atoms with Crippen molar-refractivity contribution in [3.05, 3.63) is 81.5 Å². The van der Waals surface area contributed by atoms with E-state index >= 15 is 0 Å². The molecule has 2 N–H and O–H groups in total. The topological polar surface area (TPSA) is 79.5 Å². The molecule has 5 nitrogen and oxygen atoms in total. The molecular weight excluding hydrogens is 401 g/mol. The van der Waals surface area contributed by atoms with Crippen LogP contribution in [0.25, 0.3) is 17.4 Å². The molecule has 0 fully saturated rings. The van der Waals surface area contributed by atoms with Gasteiger partial charge in [0.05, 0.1) is 15.6 Å². The number of aromatic carboxylic acids is 1. The first-order valence-electron chi connectivity index (χ1n) is 8.22. The van der Waals surface area contributed by atoms with E-state index < -0.39 is 11.9 Å². The second kappa shape index (κ2) is 8.33. The van der Waals surface area contributed by atoms with Crippen molar-refractivity contribution in [2.45, 2.75) is 6.92 Å². The molecule has 0 bridgehead atoms. The molecule has 7 heteroatoms. The molecule has 0 saturated heterocycles. The van der Waals surface area contributed by atoms with Crippen LogP contribution in [-0.4, -0.2) is 17.0 Å². The maximum atomic E-state index is 12.2. The van der Waals surface area contributed by atoms with Gasteiger partial charge in [0.2, 0.25) is 5.91 Å². The molecule has 1 amide bonds. The zero-order valence-electron chi connectivity index (χ0n) is 14.7. The summed E-state index contributed by atoms with van der Waals surface area (Å²) in [4.78, 5) is 23.2. The van der Waals surface area contributed by atoms with Gasteiger partial charge in [0, 0.05) is 17.3 Å². The van der Waals surface area contributed by atoms with Gasteiger partial charge in [-0.15, -0.1) is 0 Å². The Morgan fingerprint density at radius 2 is 1.89 bits per heavy atom. The zero-order chi connectivity index (χ0) is 20.3. The summed E-state index contributed by atoms with van der Waals surface area (Å²) in [5.74, 6) is -0.493. The molecule has 2 aromatic carbocycles. The molecule has 1 heterocycles. The van der Waals surface area contributed by atoms with E-state index in [-0.39, 0.29) is 5.56 Å². The van der Waals surface area contributed by atoms with Gasteiger partial charge in [-0.3, -0.25) is 4.79 Å². The summed E-state index contributed by atoms with van der Waals surface area (Å²) in [6, 6.07) is 13.2. The van der Waals surface area contributed by atoms with Crippen LogP contribution in [0, 0.1) is 6.92 Å². The Morgan fingerprint density at radius 3 is 2.64 bits per heavy atom. The first kappa shape index (κ1) is 19.7. The number of amides is 1. The standard InChI is InChI=1S/C21H15Cl2NO4/c1-12-5-6-13(21(26)27)11-17(12)24-19(25)10-8-14-7-9-18(28-14)15-3-2-4-16(22)20(15)23/h2-11H,1H3,(H,24,25)(H,26,27)/b10-8+. The van der Waals surface area contributed by atoms with E-state index in [0.29, 0.717) is 32.8 Å². The highest BCUT2D eigenvalue weighted by Gasteiger charge is 2.11. The number of carboxylic acids is 1. The SMILES string of the molecule is Cc1ccc(C(=O)O)cc1NC(=O)/C=C/c1ccc(-c2cccc(Cl)c2Cl)o1. The molecule has 0 atom stereocenters. The lowest BCUT2D eigenvalue weighted by molar-refractivity contribution is -0.111. The lowest BCUT2D eigenvalue weighted by atomic mass is 10.1. The minimum Gasteiger partial charge on any atom is -0.478 e. The van der Waals surface area contributed by atoms with Gasteiger partial charge in [0.25, 0.3) is 0 Å². The number of carbonyl (C=O) groups is 2. The molecule has 1 aromatic heterocycles. The summed E-state index contributed by atoms with van der Waals surface area (Å²) in [5.41, 5.74) is 1.93. The molecule has 28 heavy (non-hydrogen) atoms. The Labute approximate surface area is 171 Å². The minimum absolute atomic E-state index is 0.0963. The fraction of sp³-hybridized carbons (Fsp3) is 0.0476. The number of nitrogens with one attached hydrogen (secondary N) is 1. The average Bonchev–Trinajstić information content (AvgIpc) is 3.12. The van der Waals surface area contributed by atoms with E-state index in [4.69, 9.17) is 32.7 Å². The molecule has 142 valence electrons. The van der Waals surface area contributed by atoms with Gasteiger partial charge in [-0.05, 0) is 55.0 Å². The van der Waals surface area contributed by atoms with E-state index in [1.54, 1.807) is 43.3 Å². The molecule has 3 aromatic rings. The van der Waals surface area contributed by atoms with E-state index in [2.05, 4.69) is 5.32 Å². The monoisotopic (exact) mass is 415 g/mol. The maximum absolute atomic E-state index is 12.2. The van der Waals surface area contributed by atoms with E-state index in [1.165, 1.54) is 24.3 Å². The van der Waals surface area contributed by atoms with Crippen LogP contribution < -0.4 is 5.32 Å². The normalized spacial score (nSPS) is 11.0. The number of rotatable bonds is 5. The lowest BCUT2D eigenvalue weighted by Gasteiger charge is -2.07. The molecule has 0 aliphatic carbocycles. The van der Waals surface area contributed by atoms with Crippen molar-refractivity contribution in [1.29, 1.82) is 0 Å². The molecular formula is C21H15Cl2NO4. The van der Waals surface area contributed by atoms with Crippen molar-refractivity contribution < 1.29 is 19.1 Å². The van der Waals surface area contributed by atoms with Crippen LogP contribution in [-0.2, 0) is 4.79 Å². The fourth-order valence-corrected chi connectivity index (χ4v) is 2.90. The van der Waals surface area contributed by atoms with Crippen molar-refractivity contribution in [2.75, 3.05) is 5.32 Å². The third kappa shape index (κ3) is 4.44. The Bertz CT molecular complexity index is 1090. The van der Waals surface area contributed by atoms with E-state index in [9.17, 15) is 9.59 Å². The smallest absolute Gasteiger partial charge is 0.335 e. The number of carbonyl (C=O) groups excluding carboxylic acids is 1. The number of halogens is 2. The van der Waals surface area contributed by atoms with Crippen molar-refractivity contribution in [3.8, 4) is 11.3 Å². The number of anilines is 1. The predicted octanol–water partition coefficient (Wildman–Crippen LogP) is 5.91. The highest BCUT2D eigenvalue weighted by atomic mass is 35.5. The summed E-state index contributed by atoms with van der Waals surface area (Å²) < 4.78 is 5.69. The second-order valence-corrected chi connectivity index (χ2v) is 6.75. The Morgan fingerprint density at radius 1 is 1.11 bits per heavy atom. The molecule has 0 saturated carbocycles. The largest absolute Gasteiger partial charge is 0.478 e. The van der Waals surface area contributed by atoms with Crippen LogP contribution in [0.3, 0.4) is 0 Å². The lowest BCUT2D eigenvalue weighted by Crippen LogP contribution is -2.10. The van der Waals surface area contributed by atoms with E-state index in [1.807, 2.05) is 0 Å². The highest BCUT2D eigenvalue weighted by molar-refractivity contribution is 6.43. The quantitative estimate of drug-likeness (QED) is 0.507. The fourth-order valence-electron chi connectivity index (χ4n) is 2.50. The molecule has 0 unspecified atom stereocenters. The first-order chi connectivity index (χ1) is 13.3. The molecule has 3 rings (SSSR count). The van der Waals surface area contributed by atoms with Crippen molar-refractivity contribution in [1.82, 2.24) is 0 Å². The van der Waals surface area contributed by atoms with Gasteiger partial charge in [0.15, 0.2) is 0 Å². The van der Waals surface area contributed by atoms with Gasteiger partial charge in [-0.25, -0.2) is 4.79 Å². The third-order valence-corrected chi connectivity index (χ3v) is 4.80. The Hall–Kier alpha value is -3.02. The van der Waals surface area contributed by atoms with Crippen molar-refractivity contribution >= 4 is 46.8 Å². The van der Waals surface area contributed by atoms with Crippen LogP contribution in [0.2, 0.25) is 10.0 Å². The predicted molar refractivity (Wildman–Crippen MR) is 110 cm³/mol. The summed E-state index contributed by atoms with van der Waals surface area (Å²) >= 11 is 12.2. The summed E-state index contributed by atoms with van der Waals surface area (Å²) in [6.45, 7) is 1.78.